The second-order valence-corrected chi connectivity index (χ2v) is 5.67. The van der Waals surface area contributed by atoms with Gasteiger partial charge < -0.3 is 4.90 Å². The van der Waals surface area contributed by atoms with Crippen molar-refractivity contribution in [3.63, 3.8) is 0 Å². The van der Waals surface area contributed by atoms with E-state index in [0.29, 0.717) is 13.0 Å². The van der Waals surface area contributed by atoms with Gasteiger partial charge in [-0.2, -0.15) is 5.26 Å². The summed E-state index contributed by atoms with van der Waals surface area (Å²) in [4.78, 5) is 14.2. The smallest absolute Gasteiger partial charge is 0.227 e. The molecule has 1 aliphatic heterocycles. The molecule has 1 atom stereocenters. The van der Waals surface area contributed by atoms with E-state index in [0.717, 1.165) is 30.3 Å². The molecule has 2 aromatic rings. The van der Waals surface area contributed by atoms with Crippen LogP contribution in [0.4, 0.5) is 0 Å². The number of rotatable bonds is 2. The van der Waals surface area contributed by atoms with Crippen LogP contribution in [0.15, 0.2) is 42.5 Å². The van der Waals surface area contributed by atoms with Gasteiger partial charge >= 0.3 is 0 Å². The van der Waals surface area contributed by atoms with Gasteiger partial charge in [0.25, 0.3) is 0 Å². The van der Waals surface area contributed by atoms with E-state index >= 15 is 0 Å². The van der Waals surface area contributed by atoms with Crippen molar-refractivity contribution in [3.8, 4) is 6.07 Å². The van der Waals surface area contributed by atoms with Crippen LogP contribution in [0.2, 0.25) is 0 Å². The Balaban J connectivity index is 1.72. The number of amides is 1. The van der Waals surface area contributed by atoms with Crippen molar-refractivity contribution in [1.29, 1.82) is 5.26 Å². The predicted octanol–water partition coefficient (Wildman–Crippen LogP) is 3.14. The van der Waals surface area contributed by atoms with Gasteiger partial charge in [0.1, 0.15) is 0 Å². The highest BCUT2D eigenvalue weighted by Crippen LogP contribution is 2.19. The van der Waals surface area contributed by atoms with Gasteiger partial charge in [0.05, 0.1) is 18.4 Å². The monoisotopic (exact) mass is 278 g/mol. The lowest BCUT2D eigenvalue weighted by Gasteiger charge is -2.29. The summed E-state index contributed by atoms with van der Waals surface area (Å²) in [5.41, 5.74) is 1.04. The maximum Gasteiger partial charge on any atom is 0.227 e. The Morgan fingerprint density at radius 2 is 2.05 bits per heavy atom. The Hall–Kier alpha value is -2.34. The molecule has 3 rings (SSSR count). The predicted molar refractivity (Wildman–Crippen MR) is 82.6 cm³/mol. The van der Waals surface area contributed by atoms with Crippen LogP contribution in [0.25, 0.3) is 10.8 Å². The fourth-order valence-electron chi connectivity index (χ4n) is 2.94. The van der Waals surface area contributed by atoms with Gasteiger partial charge in [-0.3, -0.25) is 4.79 Å². The van der Waals surface area contributed by atoms with E-state index in [4.69, 9.17) is 5.26 Å². The molecule has 0 aromatic heterocycles. The first-order chi connectivity index (χ1) is 10.3. The third-order valence-corrected chi connectivity index (χ3v) is 4.13. The van der Waals surface area contributed by atoms with Crippen molar-refractivity contribution in [2.45, 2.75) is 19.3 Å². The van der Waals surface area contributed by atoms with Crippen molar-refractivity contribution < 1.29 is 4.79 Å². The van der Waals surface area contributed by atoms with Gasteiger partial charge in [-0.05, 0) is 29.2 Å². The van der Waals surface area contributed by atoms with Gasteiger partial charge in [0.2, 0.25) is 5.91 Å². The highest BCUT2D eigenvalue weighted by atomic mass is 16.2. The molecule has 0 N–H and O–H groups in total. The van der Waals surface area contributed by atoms with E-state index in [9.17, 15) is 4.79 Å². The third-order valence-electron chi connectivity index (χ3n) is 4.13. The van der Waals surface area contributed by atoms with Crippen LogP contribution < -0.4 is 0 Å². The van der Waals surface area contributed by atoms with Crippen LogP contribution in [0, 0.1) is 17.2 Å². The van der Waals surface area contributed by atoms with E-state index in [1.807, 2.05) is 23.1 Å². The average molecular weight is 278 g/mol. The summed E-state index contributed by atoms with van der Waals surface area (Å²) >= 11 is 0. The molecule has 0 bridgehead atoms. The molecule has 1 aliphatic rings. The fourth-order valence-corrected chi connectivity index (χ4v) is 2.94. The Morgan fingerprint density at radius 3 is 2.86 bits per heavy atom. The van der Waals surface area contributed by atoms with Crippen LogP contribution in [-0.2, 0) is 11.2 Å². The number of likely N-dealkylation sites (tertiary alicyclic amines) is 1. The third kappa shape index (κ3) is 3.05. The molecule has 3 heteroatoms. The number of nitrogens with zero attached hydrogens (tertiary/aromatic N) is 2. The van der Waals surface area contributed by atoms with E-state index in [1.54, 1.807) is 0 Å². The molecule has 1 amide bonds. The minimum atomic E-state index is -0.000645. The number of piperidine rings is 1. The quantitative estimate of drug-likeness (QED) is 0.847. The van der Waals surface area contributed by atoms with Crippen LogP contribution in [-0.4, -0.2) is 23.9 Å². The minimum Gasteiger partial charge on any atom is -0.341 e. The molecule has 1 fully saturated rings. The van der Waals surface area contributed by atoms with Crippen molar-refractivity contribution in [3.05, 3.63) is 48.0 Å². The summed E-state index contributed by atoms with van der Waals surface area (Å²) in [6.45, 7) is 1.37. The summed E-state index contributed by atoms with van der Waals surface area (Å²) in [6.07, 6.45) is 2.26. The van der Waals surface area contributed by atoms with Gasteiger partial charge in [0.15, 0.2) is 0 Å². The highest BCUT2D eigenvalue weighted by molar-refractivity contribution is 5.85. The van der Waals surface area contributed by atoms with E-state index in [-0.39, 0.29) is 11.8 Å². The number of fused-ring (bicyclic) bond motifs is 1. The summed E-state index contributed by atoms with van der Waals surface area (Å²) in [5, 5.41) is 11.4. The zero-order valence-electron chi connectivity index (χ0n) is 12.0. The first kappa shape index (κ1) is 13.6. The Bertz CT molecular complexity index is 702. The molecule has 1 unspecified atom stereocenters. The Labute approximate surface area is 124 Å². The zero-order valence-corrected chi connectivity index (χ0v) is 12.0. The lowest BCUT2D eigenvalue weighted by atomic mass is 9.98. The molecular weight excluding hydrogens is 260 g/mol. The van der Waals surface area contributed by atoms with E-state index in [1.165, 1.54) is 5.39 Å². The van der Waals surface area contributed by atoms with Crippen LogP contribution >= 0.6 is 0 Å². The molecule has 3 nitrogen and oxygen atoms in total. The topological polar surface area (TPSA) is 44.1 Å². The molecule has 0 saturated carbocycles. The summed E-state index contributed by atoms with van der Waals surface area (Å²) in [5.74, 6) is 0.129. The molecular formula is C18H18N2O. The number of carbonyl (C=O) groups is 1. The molecule has 0 radical (unpaired) electrons. The minimum absolute atomic E-state index is 0.000645. The molecule has 0 spiro atoms. The van der Waals surface area contributed by atoms with Crippen LogP contribution in [0.3, 0.4) is 0 Å². The lowest BCUT2D eigenvalue weighted by Crippen LogP contribution is -2.40. The maximum atomic E-state index is 12.4. The fraction of sp³-hybridized carbons (Fsp3) is 0.333. The summed E-state index contributed by atoms with van der Waals surface area (Å²) in [6, 6.07) is 16.6. The van der Waals surface area contributed by atoms with E-state index in [2.05, 4.69) is 30.3 Å². The second kappa shape index (κ2) is 5.97. The normalized spacial score (nSPS) is 18.4. The van der Waals surface area contributed by atoms with Gasteiger partial charge in [-0.1, -0.05) is 42.5 Å². The molecule has 1 heterocycles. The number of hydrogen-bond donors (Lipinski definition) is 0. The van der Waals surface area contributed by atoms with E-state index < -0.39 is 0 Å². The average Bonchev–Trinajstić information content (AvgIpc) is 2.54. The van der Waals surface area contributed by atoms with Crippen molar-refractivity contribution >= 4 is 16.7 Å². The summed E-state index contributed by atoms with van der Waals surface area (Å²) in [7, 11) is 0. The number of hydrogen-bond acceptors (Lipinski definition) is 2. The van der Waals surface area contributed by atoms with Gasteiger partial charge in [-0.25, -0.2) is 0 Å². The lowest BCUT2D eigenvalue weighted by molar-refractivity contribution is -0.131. The van der Waals surface area contributed by atoms with Crippen molar-refractivity contribution in [2.24, 2.45) is 5.92 Å². The molecule has 0 aliphatic carbocycles. The Kier molecular flexibility index (Phi) is 3.87. The summed E-state index contributed by atoms with van der Waals surface area (Å²) < 4.78 is 0. The number of nitriles is 1. The zero-order chi connectivity index (χ0) is 14.7. The second-order valence-electron chi connectivity index (χ2n) is 5.67. The van der Waals surface area contributed by atoms with Gasteiger partial charge in [-0.15, -0.1) is 0 Å². The molecule has 2 aromatic carbocycles. The van der Waals surface area contributed by atoms with Crippen LogP contribution in [0.5, 0.6) is 0 Å². The highest BCUT2D eigenvalue weighted by Gasteiger charge is 2.23. The first-order valence-corrected chi connectivity index (χ1v) is 7.41. The number of benzene rings is 2. The molecule has 1 saturated heterocycles. The first-order valence-electron chi connectivity index (χ1n) is 7.41. The van der Waals surface area contributed by atoms with Crippen LogP contribution in [0.1, 0.15) is 18.4 Å². The van der Waals surface area contributed by atoms with Crippen molar-refractivity contribution in [2.75, 3.05) is 13.1 Å². The van der Waals surface area contributed by atoms with Crippen molar-refractivity contribution in [1.82, 2.24) is 4.90 Å². The molecule has 21 heavy (non-hydrogen) atoms. The van der Waals surface area contributed by atoms with Gasteiger partial charge in [0, 0.05) is 13.1 Å². The SMILES string of the molecule is N#CC1CCCN(C(=O)Cc2ccc3ccccc3c2)C1. The standard InChI is InChI=1S/C18H18N2O/c19-12-15-4-3-9-20(13-15)18(21)11-14-7-8-16-5-1-2-6-17(16)10-14/h1-2,5-8,10,15H,3-4,9,11,13H2. The Morgan fingerprint density at radius 1 is 1.24 bits per heavy atom. The number of carbonyl (C=O) groups excluding carboxylic acids is 1. The maximum absolute atomic E-state index is 12.4. The molecule has 106 valence electrons. The largest absolute Gasteiger partial charge is 0.341 e.